The van der Waals surface area contributed by atoms with Crippen LogP contribution in [0.15, 0.2) is 18.2 Å². The molecule has 0 aromatic heterocycles. The Morgan fingerprint density at radius 3 is 3.00 bits per heavy atom. The number of nitrogens with two attached hydrogens (primary N) is 1. The molecule has 0 amide bonds. The minimum atomic E-state index is 0. The van der Waals surface area contributed by atoms with Crippen molar-refractivity contribution >= 4 is 35.3 Å². The zero-order valence-corrected chi connectivity index (χ0v) is 9.08. The molecule has 1 aliphatic heterocycles. The third kappa shape index (κ3) is 2.15. The van der Waals surface area contributed by atoms with E-state index in [2.05, 4.69) is 5.32 Å². The van der Waals surface area contributed by atoms with Gasteiger partial charge in [-0.25, -0.2) is 0 Å². The SMILES string of the molecule is Cl.NCc1ccc2c(c1)NC(=S)CO2. The second kappa shape index (κ2) is 4.59. The standard InChI is InChI=1S/C9H10N2OS.ClH/c10-4-6-1-2-8-7(3-6)11-9(13)5-12-8;/h1-3H,4-5,10H2,(H,11,13);1H. The maximum absolute atomic E-state index is 5.52. The molecule has 0 bridgehead atoms. The lowest BCUT2D eigenvalue weighted by Gasteiger charge is -2.20. The predicted octanol–water partition coefficient (Wildman–Crippen LogP) is 1.70. The molecule has 0 saturated carbocycles. The molecule has 1 aromatic carbocycles. The third-order valence-corrected chi connectivity index (χ3v) is 2.13. The van der Waals surface area contributed by atoms with E-state index in [0.29, 0.717) is 18.1 Å². The van der Waals surface area contributed by atoms with E-state index in [1.54, 1.807) is 0 Å². The lowest BCUT2D eigenvalue weighted by molar-refractivity contribution is 0.375. The first kappa shape index (κ1) is 11.2. The summed E-state index contributed by atoms with van der Waals surface area (Å²) in [6, 6.07) is 5.82. The fourth-order valence-corrected chi connectivity index (χ4v) is 1.43. The Kier molecular flexibility index (Phi) is 3.69. The first-order valence-electron chi connectivity index (χ1n) is 4.05. The van der Waals surface area contributed by atoms with E-state index < -0.39 is 0 Å². The van der Waals surface area contributed by atoms with Crippen molar-refractivity contribution in [3.63, 3.8) is 0 Å². The molecule has 0 fully saturated rings. The number of anilines is 1. The first-order valence-corrected chi connectivity index (χ1v) is 4.46. The lowest BCUT2D eigenvalue weighted by Crippen LogP contribution is -2.23. The Morgan fingerprint density at radius 2 is 2.29 bits per heavy atom. The monoisotopic (exact) mass is 230 g/mol. The summed E-state index contributed by atoms with van der Waals surface area (Å²) in [5.74, 6) is 0.839. The summed E-state index contributed by atoms with van der Waals surface area (Å²) in [5, 5.41) is 3.09. The highest BCUT2D eigenvalue weighted by Gasteiger charge is 2.12. The number of thiocarbonyl (C=S) groups is 1. The van der Waals surface area contributed by atoms with Crippen LogP contribution >= 0.6 is 24.6 Å². The van der Waals surface area contributed by atoms with Gasteiger partial charge in [-0.1, -0.05) is 18.3 Å². The summed E-state index contributed by atoms with van der Waals surface area (Å²) >= 11 is 4.99. The fraction of sp³-hybridized carbons (Fsp3) is 0.222. The molecule has 0 spiro atoms. The summed E-state index contributed by atoms with van der Waals surface area (Å²) in [5.41, 5.74) is 7.50. The van der Waals surface area contributed by atoms with Crippen LogP contribution in [0.4, 0.5) is 5.69 Å². The summed E-state index contributed by atoms with van der Waals surface area (Å²) in [6.45, 7) is 0.992. The van der Waals surface area contributed by atoms with E-state index in [1.165, 1.54) is 0 Å². The van der Waals surface area contributed by atoms with E-state index in [9.17, 15) is 0 Å². The Bertz CT molecular complexity index is 357. The molecule has 0 saturated heterocycles. The topological polar surface area (TPSA) is 47.3 Å². The number of fused-ring (bicyclic) bond motifs is 1. The minimum absolute atomic E-state index is 0. The van der Waals surface area contributed by atoms with Crippen molar-refractivity contribution < 1.29 is 4.74 Å². The first-order chi connectivity index (χ1) is 6.29. The molecule has 76 valence electrons. The van der Waals surface area contributed by atoms with Gasteiger partial charge in [0.15, 0.2) is 0 Å². The van der Waals surface area contributed by atoms with Crippen LogP contribution in [-0.2, 0) is 6.54 Å². The third-order valence-electron chi connectivity index (χ3n) is 1.91. The average molecular weight is 231 g/mol. The predicted molar refractivity (Wildman–Crippen MR) is 63.3 cm³/mol. The van der Waals surface area contributed by atoms with Gasteiger partial charge in [-0.15, -0.1) is 12.4 Å². The number of ether oxygens (including phenoxy) is 1. The average Bonchev–Trinajstić information content (AvgIpc) is 2.16. The molecule has 0 unspecified atom stereocenters. The van der Waals surface area contributed by atoms with Gasteiger partial charge < -0.3 is 15.8 Å². The lowest BCUT2D eigenvalue weighted by atomic mass is 10.1. The van der Waals surface area contributed by atoms with Gasteiger partial charge in [0.05, 0.1) is 5.69 Å². The van der Waals surface area contributed by atoms with Crippen LogP contribution in [0.3, 0.4) is 0 Å². The van der Waals surface area contributed by atoms with Gasteiger partial charge in [0.25, 0.3) is 0 Å². The van der Waals surface area contributed by atoms with Crippen molar-refractivity contribution in [2.45, 2.75) is 6.54 Å². The largest absolute Gasteiger partial charge is 0.484 e. The van der Waals surface area contributed by atoms with Gasteiger partial charge in [0, 0.05) is 6.54 Å². The number of halogens is 1. The van der Waals surface area contributed by atoms with Gasteiger partial charge in [-0.2, -0.15) is 0 Å². The number of rotatable bonds is 1. The van der Waals surface area contributed by atoms with Gasteiger partial charge in [-0.05, 0) is 17.7 Å². The highest BCUT2D eigenvalue weighted by molar-refractivity contribution is 7.80. The number of nitrogens with one attached hydrogen (secondary N) is 1. The molecule has 3 nitrogen and oxygen atoms in total. The van der Waals surface area contributed by atoms with Crippen LogP contribution in [0.5, 0.6) is 5.75 Å². The molecule has 0 radical (unpaired) electrons. The van der Waals surface area contributed by atoms with Crippen LogP contribution in [0, 0.1) is 0 Å². The molecular weight excluding hydrogens is 220 g/mol. The molecule has 5 heteroatoms. The van der Waals surface area contributed by atoms with Crippen molar-refractivity contribution in [2.75, 3.05) is 11.9 Å². The van der Waals surface area contributed by atoms with Crippen LogP contribution in [-0.4, -0.2) is 11.6 Å². The molecule has 0 aliphatic carbocycles. The quantitative estimate of drug-likeness (QED) is 0.721. The molecule has 1 heterocycles. The molecule has 14 heavy (non-hydrogen) atoms. The Hall–Kier alpha value is -0.840. The summed E-state index contributed by atoms with van der Waals surface area (Å²) in [6.07, 6.45) is 0. The van der Waals surface area contributed by atoms with Crippen LogP contribution in [0.1, 0.15) is 5.56 Å². The van der Waals surface area contributed by atoms with Gasteiger partial charge in [0.2, 0.25) is 0 Å². The van der Waals surface area contributed by atoms with Gasteiger partial charge in [-0.3, -0.25) is 0 Å². The van der Waals surface area contributed by atoms with Crippen LogP contribution in [0.2, 0.25) is 0 Å². The van der Waals surface area contributed by atoms with Crippen LogP contribution in [0.25, 0.3) is 0 Å². The zero-order chi connectivity index (χ0) is 9.26. The van der Waals surface area contributed by atoms with E-state index in [4.69, 9.17) is 22.7 Å². The molecule has 3 N–H and O–H groups in total. The number of hydrogen-bond donors (Lipinski definition) is 2. The molecule has 1 aliphatic rings. The van der Waals surface area contributed by atoms with Gasteiger partial charge in [0.1, 0.15) is 17.3 Å². The summed E-state index contributed by atoms with van der Waals surface area (Å²) in [7, 11) is 0. The van der Waals surface area contributed by atoms with Crippen molar-refractivity contribution in [1.82, 2.24) is 0 Å². The highest BCUT2D eigenvalue weighted by atomic mass is 35.5. The molecular formula is C9H11ClN2OS. The molecule has 0 atom stereocenters. The molecule has 2 rings (SSSR count). The number of benzene rings is 1. The van der Waals surface area contributed by atoms with Crippen LogP contribution < -0.4 is 15.8 Å². The van der Waals surface area contributed by atoms with Crippen molar-refractivity contribution in [3.05, 3.63) is 23.8 Å². The van der Waals surface area contributed by atoms with Crippen molar-refractivity contribution in [3.8, 4) is 5.75 Å². The minimum Gasteiger partial charge on any atom is -0.484 e. The Balaban J connectivity index is 0.000000980. The normalized spacial score (nSPS) is 13.4. The second-order valence-electron chi connectivity index (χ2n) is 2.87. The number of hydrogen-bond acceptors (Lipinski definition) is 3. The maximum atomic E-state index is 5.52. The highest BCUT2D eigenvalue weighted by Crippen LogP contribution is 2.28. The van der Waals surface area contributed by atoms with Crippen molar-refractivity contribution in [1.29, 1.82) is 0 Å². The zero-order valence-electron chi connectivity index (χ0n) is 7.45. The summed E-state index contributed by atoms with van der Waals surface area (Å²) < 4.78 is 5.39. The smallest absolute Gasteiger partial charge is 0.143 e. The van der Waals surface area contributed by atoms with Gasteiger partial charge >= 0.3 is 0 Å². The molecule has 1 aromatic rings. The van der Waals surface area contributed by atoms with Crippen molar-refractivity contribution in [2.24, 2.45) is 5.73 Å². The maximum Gasteiger partial charge on any atom is 0.143 e. The van der Waals surface area contributed by atoms with E-state index >= 15 is 0 Å². The fourth-order valence-electron chi connectivity index (χ4n) is 1.26. The van der Waals surface area contributed by atoms with E-state index in [-0.39, 0.29) is 12.4 Å². The Labute approximate surface area is 94.0 Å². The summed E-state index contributed by atoms with van der Waals surface area (Å²) in [4.78, 5) is 0.710. The second-order valence-corrected chi connectivity index (χ2v) is 3.36. The van der Waals surface area contributed by atoms with E-state index in [0.717, 1.165) is 17.0 Å². The van der Waals surface area contributed by atoms with E-state index in [1.807, 2.05) is 18.2 Å². The Morgan fingerprint density at radius 1 is 1.50 bits per heavy atom.